The monoisotopic (exact) mass is 407 g/mol. The number of allylic oxidation sites excluding steroid dienone is 2. The molecule has 28 heavy (non-hydrogen) atoms. The number of carbonyl (C=O) groups is 3. The first kappa shape index (κ1) is 20.2. The number of amides is 1. The second kappa shape index (κ2) is 7.83. The number of phenolic OH excluding ortho intramolecular Hbond substituents is 1. The van der Waals surface area contributed by atoms with E-state index in [9.17, 15) is 19.5 Å². The van der Waals surface area contributed by atoms with Crippen LogP contribution < -0.4 is 10.1 Å². The Labute approximate surface area is 167 Å². The first-order valence-electron chi connectivity index (χ1n) is 9.08. The molecule has 1 amide bonds. The van der Waals surface area contributed by atoms with Crippen molar-refractivity contribution in [3.8, 4) is 11.5 Å². The molecular formula is C20H22ClNO6. The maximum Gasteiger partial charge on any atom is 0.316 e. The molecule has 0 unspecified atom stereocenters. The first-order valence-corrected chi connectivity index (χ1v) is 9.46. The van der Waals surface area contributed by atoms with E-state index < -0.39 is 17.8 Å². The second-order valence-electron chi connectivity index (χ2n) is 7.03. The van der Waals surface area contributed by atoms with Gasteiger partial charge in [-0.05, 0) is 37.0 Å². The predicted octanol–water partition coefficient (Wildman–Crippen LogP) is 2.70. The molecule has 0 bridgehead atoms. The van der Waals surface area contributed by atoms with Gasteiger partial charge in [0.15, 0.2) is 17.3 Å². The van der Waals surface area contributed by atoms with Gasteiger partial charge in [0.1, 0.15) is 5.92 Å². The Bertz CT molecular complexity index is 878. The summed E-state index contributed by atoms with van der Waals surface area (Å²) < 4.78 is 10.2. The number of hydrogen-bond donors (Lipinski definition) is 2. The molecule has 0 fully saturated rings. The van der Waals surface area contributed by atoms with Crippen LogP contribution in [0.25, 0.3) is 0 Å². The Balaban J connectivity index is 2.11. The molecular weight excluding hydrogens is 386 g/mol. The van der Waals surface area contributed by atoms with Crippen molar-refractivity contribution in [1.82, 2.24) is 5.32 Å². The summed E-state index contributed by atoms with van der Waals surface area (Å²) >= 11 is 6.14. The molecule has 0 saturated carbocycles. The smallest absolute Gasteiger partial charge is 0.316 e. The molecule has 3 rings (SSSR count). The van der Waals surface area contributed by atoms with Gasteiger partial charge in [-0.25, -0.2) is 0 Å². The third-order valence-corrected chi connectivity index (χ3v) is 5.49. The van der Waals surface area contributed by atoms with Crippen molar-refractivity contribution >= 4 is 29.3 Å². The molecule has 2 N–H and O–H groups in total. The van der Waals surface area contributed by atoms with Crippen molar-refractivity contribution in [2.24, 2.45) is 11.8 Å². The number of methoxy groups -OCH3 is 1. The summed E-state index contributed by atoms with van der Waals surface area (Å²) in [5, 5.41) is 12.9. The van der Waals surface area contributed by atoms with Crippen LogP contribution in [0.5, 0.6) is 11.5 Å². The lowest BCUT2D eigenvalue weighted by Crippen LogP contribution is -2.44. The van der Waals surface area contributed by atoms with E-state index >= 15 is 0 Å². The van der Waals surface area contributed by atoms with Crippen LogP contribution in [0.1, 0.15) is 38.2 Å². The maximum absolute atomic E-state index is 13.2. The van der Waals surface area contributed by atoms with E-state index in [0.29, 0.717) is 29.9 Å². The molecule has 0 spiro atoms. The first-order chi connectivity index (χ1) is 13.3. The van der Waals surface area contributed by atoms with Gasteiger partial charge in [0.2, 0.25) is 5.91 Å². The Morgan fingerprint density at radius 1 is 1.32 bits per heavy atom. The Morgan fingerprint density at radius 2 is 2.04 bits per heavy atom. The van der Waals surface area contributed by atoms with E-state index in [0.717, 1.165) is 0 Å². The summed E-state index contributed by atoms with van der Waals surface area (Å²) in [7, 11) is 1.25. The lowest BCUT2D eigenvalue weighted by atomic mass is 9.70. The average Bonchev–Trinajstić information content (AvgIpc) is 2.64. The third-order valence-electron chi connectivity index (χ3n) is 5.20. The van der Waals surface area contributed by atoms with Crippen LogP contribution in [0.15, 0.2) is 23.4 Å². The fraction of sp³-hybridized carbons (Fsp3) is 0.450. The van der Waals surface area contributed by atoms with Crippen LogP contribution in [-0.4, -0.2) is 36.5 Å². The molecule has 1 aromatic rings. The number of rotatable bonds is 4. The van der Waals surface area contributed by atoms with Gasteiger partial charge in [0.05, 0.1) is 18.7 Å². The SMILES string of the molecule is CCOc1cc([C@H]2CC(=O)NC3=C2C(=O)[C@@H](C(=O)OC)[C@H](C)C3)cc(Cl)c1O. The van der Waals surface area contributed by atoms with Gasteiger partial charge >= 0.3 is 5.97 Å². The number of esters is 1. The fourth-order valence-corrected chi connectivity index (χ4v) is 4.16. The van der Waals surface area contributed by atoms with Gasteiger partial charge in [0.25, 0.3) is 0 Å². The van der Waals surface area contributed by atoms with Gasteiger partial charge in [-0.1, -0.05) is 18.5 Å². The molecule has 2 aliphatic rings. The molecule has 1 heterocycles. The van der Waals surface area contributed by atoms with Gasteiger partial charge in [0, 0.05) is 23.6 Å². The lowest BCUT2D eigenvalue weighted by molar-refractivity contribution is -0.151. The van der Waals surface area contributed by atoms with E-state index in [-0.39, 0.29) is 40.6 Å². The van der Waals surface area contributed by atoms with Crippen molar-refractivity contribution in [3.63, 3.8) is 0 Å². The lowest BCUT2D eigenvalue weighted by Gasteiger charge is -2.36. The Kier molecular flexibility index (Phi) is 5.65. The average molecular weight is 408 g/mol. The minimum absolute atomic E-state index is 0.0273. The van der Waals surface area contributed by atoms with E-state index in [2.05, 4.69) is 5.32 Å². The molecule has 0 aromatic heterocycles. The standard InChI is InChI=1S/C20H22ClNO6/c1-4-28-14-7-10(6-12(21)18(14)24)11-8-15(23)22-13-5-9(2)16(20(26)27-3)19(25)17(11)13/h6-7,9,11,16,24H,4-5,8H2,1-3H3,(H,22,23)/t9-,11-,16+/m1/s1. The van der Waals surface area contributed by atoms with Crippen molar-refractivity contribution in [3.05, 3.63) is 34.0 Å². The molecule has 7 nitrogen and oxygen atoms in total. The summed E-state index contributed by atoms with van der Waals surface area (Å²) in [4.78, 5) is 37.7. The fourth-order valence-electron chi connectivity index (χ4n) is 3.94. The number of halogens is 1. The van der Waals surface area contributed by atoms with E-state index in [1.807, 2.05) is 0 Å². The summed E-state index contributed by atoms with van der Waals surface area (Å²) in [6, 6.07) is 3.10. The zero-order valence-corrected chi connectivity index (χ0v) is 16.6. The quantitative estimate of drug-likeness (QED) is 0.587. The molecule has 3 atom stereocenters. The van der Waals surface area contributed by atoms with E-state index in [1.54, 1.807) is 19.9 Å². The molecule has 150 valence electrons. The number of benzene rings is 1. The minimum Gasteiger partial charge on any atom is -0.503 e. The van der Waals surface area contributed by atoms with Crippen LogP contribution in [0, 0.1) is 11.8 Å². The van der Waals surface area contributed by atoms with Crippen molar-refractivity contribution in [2.75, 3.05) is 13.7 Å². The van der Waals surface area contributed by atoms with Gasteiger partial charge in [-0.15, -0.1) is 0 Å². The number of hydrogen-bond acceptors (Lipinski definition) is 6. The van der Waals surface area contributed by atoms with Crippen LogP contribution in [-0.2, 0) is 19.1 Å². The normalized spacial score (nSPS) is 24.5. The van der Waals surface area contributed by atoms with Crippen molar-refractivity contribution < 1.29 is 29.0 Å². The minimum atomic E-state index is -0.916. The Hall–Kier alpha value is -2.54. The van der Waals surface area contributed by atoms with Gasteiger partial charge < -0.3 is 19.9 Å². The zero-order valence-electron chi connectivity index (χ0n) is 15.9. The van der Waals surface area contributed by atoms with Crippen LogP contribution >= 0.6 is 11.6 Å². The molecule has 1 aromatic carbocycles. The Morgan fingerprint density at radius 3 is 2.68 bits per heavy atom. The number of nitrogens with one attached hydrogen (secondary N) is 1. The van der Waals surface area contributed by atoms with Crippen LogP contribution in [0.3, 0.4) is 0 Å². The largest absolute Gasteiger partial charge is 0.503 e. The summed E-state index contributed by atoms with van der Waals surface area (Å²) in [6.07, 6.45) is 0.409. The second-order valence-corrected chi connectivity index (χ2v) is 7.43. The highest BCUT2D eigenvalue weighted by molar-refractivity contribution is 6.32. The highest BCUT2D eigenvalue weighted by atomic mass is 35.5. The van der Waals surface area contributed by atoms with Crippen LogP contribution in [0.2, 0.25) is 5.02 Å². The predicted molar refractivity (Wildman–Crippen MR) is 101 cm³/mol. The molecule has 0 saturated heterocycles. The zero-order chi connectivity index (χ0) is 20.6. The molecule has 8 heteroatoms. The maximum atomic E-state index is 13.2. The van der Waals surface area contributed by atoms with Gasteiger partial charge in [-0.3, -0.25) is 14.4 Å². The summed E-state index contributed by atoms with van der Waals surface area (Å²) in [5.41, 5.74) is 1.48. The number of carbonyl (C=O) groups excluding carboxylic acids is 3. The number of ether oxygens (including phenoxy) is 2. The van der Waals surface area contributed by atoms with Crippen LogP contribution in [0.4, 0.5) is 0 Å². The number of phenols is 1. The van der Waals surface area contributed by atoms with Crippen molar-refractivity contribution in [2.45, 2.75) is 32.6 Å². The number of ketones is 1. The highest BCUT2D eigenvalue weighted by Crippen LogP contribution is 2.45. The molecule has 0 radical (unpaired) electrons. The number of Topliss-reactive ketones (excluding diaryl/α,β-unsaturated/α-hetero) is 1. The third kappa shape index (κ3) is 3.46. The van der Waals surface area contributed by atoms with E-state index in [4.69, 9.17) is 21.1 Å². The van der Waals surface area contributed by atoms with Crippen molar-refractivity contribution in [1.29, 1.82) is 0 Å². The van der Waals surface area contributed by atoms with E-state index in [1.165, 1.54) is 13.2 Å². The topological polar surface area (TPSA) is 102 Å². The molecule has 1 aliphatic heterocycles. The number of aromatic hydroxyl groups is 1. The van der Waals surface area contributed by atoms with Gasteiger partial charge in [-0.2, -0.15) is 0 Å². The molecule has 1 aliphatic carbocycles. The summed E-state index contributed by atoms with van der Waals surface area (Å²) in [5.74, 6) is -2.97. The summed E-state index contributed by atoms with van der Waals surface area (Å²) in [6.45, 7) is 3.86. The highest BCUT2D eigenvalue weighted by Gasteiger charge is 2.45.